The van der Waals surface area contributed by atoms with E-state index in [1.807, 2.05) is 18.2 Å². The van der Waals surface area contributed by atoms with Crippen molar-refractivity contribution in [2.45, 2.75) is 38.3 Å². The van der Waals surface area contributed by atoms with Gasteiger partial charge in [0.2, 0.25) is 0 Å². The summed E-state index contributed by atoms with van der Waals surface area (Å²) >= 11 is 12.2. The molecule has 1 aromatic rings. The van der Waals surface area contributed by atoms with Crippen molar-refractivity contribution in [2.24, 2.45) is 5.92 Å². The Hall–Kier alpha value is -0.280. The molecular weight excluding hydrogens is 291 g/mol. The fourth-order valence-corrected chi connectivity index (χ4v) is 3.68. The molecule has 110 valence electrons. The van der Waals surface area contributed by atoms with Crippen LogP contribution in [0.5, 0.6) is 0 Å². The zero-order valence-electron chi connectivity index (χ0n) is 11.9. The second kappa shape index (κ2) is 6.23. The summed E-state index contributed by atoms with van der Waals surface area (Å²) in [4.78, 5) is 2.66. The second-order valence-electron chi connectivity index (χ2n) is 6.18. The van der Waals surface area contributed by atoms with Crippen LogP contribution in [0.1, 0.15) is 37.8 Å². The third kappa shape index (κ3) is 3.48. The highest BCUT2D eigenvalue weighted by Gasteiger charge is 2.34. The Labute approximate surface area is 131 Å². The van der Waals surface area contributed by atoms with Gasteiger partial charge in [0.05, 0.1) is 0 Å². The van der Waals surface area contributed by atoms with E-state index in [0.717, 1.165) is 29.1 Å². The quantitative estimate of drug-likeness (QED) is 0.879. The lowest BCUT2D eigenvalue weighted by molar-refractivity contribution is 0.310. The zero-order valence-corrected chi connectivity index (χ0v) is 13.4. The van der Waals surface area contributed by atoms with Gasteiger partial charge in [-0.25, -0.2) is 0 Å². The number of halogens is 2. The molecule has 2 unspecified atom stereocenters. The first-order chi connectivity index (χ1) is 9.63. The van der Waals surface area contributed by atoms with Crippen molar-refractivity contribution < 1.29 is 0 Å². The highest BCUT2D eigenvalue weighted by molar-refractivity contribution is 6.35. The van der Waals surface area contributed by atoms with Crippen molar-refractivity contribution in [3.8, 4) is 0 Å². The molecule has 0 radical (unpaired) electrons. The monoisotopic (exact) mass is 312 g/mol. The van der Waals surface area contributed by atoms with E-state index >= 15 is 0 Å². The Morgan fingerprint density at radius 1 is 1.30 bits per heavy atom. The van der Waals surface area contributed by atoms with Crippen molar-refractivity contribution in [3.05, 3.63) is 33.8 Å². The number of benzene rings is 1. The van der Waals surface area contributed by atoms with Crippen LogP contribution in [-0.4, -0.2) is 30.6 Å². The minimum absolute atomic E-state index is 0.273. The van der Waals surface area contributed by atoms with Gasteiger partial charge in [0.15, 0.2) is 0 Å². The van der Waals surface area contributed by atoms with E-state index in [2.05, 4.69) is 17.1 Å². The van der Waals surface area contributed by atoms with Gasteiger partial charge in [-0.2, -0.15) is 0 Å². The first-order valence-electron chi connectivity index (χ1n) is 7.56. The average molecular weight is 313 g/mol. The van der Waals surface area contributed by atoms with E-state index in [-0.39, 0.29) is 6.04 Å². The highest BCUT2D eigenvalue weighted by Crippen LogP contribution is 2.32. The molecule has 0 aromatic heterocycles. The number of hydrogen-bond acceptors (Lipinski definition) is 2. The molecule has 0 amide bonds. The topological polar surface area (TPSA) is 15.3 Å². The molecule has 0 spiro atoms. The Balaban J connectivity index is 1.50. The molecule has 1 saturated carbocycles. The van der Waals surface area contributed by atoms with E-state index in [1.165, 1.54) is 32.4 Å². The number of rotatable bonds is 5. The molecule has 0 bridgehead atoms. The molecule has 20 heavy (non-hydrogen) atoms. The van der Waals surface area contributed by atoms with Crippen molar-refractivity contribution in [3.63, 3.8) is 0 Å². The van der Waals surface area contributed by atoms with Gasteiger partial charge >= 0.3 is 0 Å². The third-order valence-electron chi connectivity index (χ3n) is 4.52. The van der Waals surface area contributed by atoms with Gasteiger partial charge in [0, 0.05) is 28.7 Å². The summed E-state index contributed by atoms with van der Waals surface area (Å²) in [6.07, 6.45) is 4.15. The molecule has 1 aliphatic heterocycles. The van der Waals surface area contributed by atoms with E-state index in [0.29, 0.717) is 5.02 Å². The maximum Gasteiger partial charge on any atom is 0.0468 e. The van der Waals surface area contributed by atoms with Crippen LogP contribution in [0.2, 0.25) is 10.0 Å². The van der Waals surface area contributed by atoms with Gasteiger partial charge in [-0.3, -0.25) is 0 Å². The summed E-state index contributed by atoms with van der Waals surface area (Å²) < 4.78 is 0. The molecule has 2 fully saturated rings. The third-order valence-corrected chi connectivity index (χ3v) is 5.08. The van der Waals surface area contributed by atoms with Crippen LogP contribution in [0.15, 0.2) is 18.2 Å². The number of nitrogens with one attached hydrogen (secondary N) is 1. The highest BCUT2D eigenvalue weighted by atomic mass is 35.5. The van der Waals surface area contributed by atoms with E-state index in [1.54, 1.807) is 0 Å². The lowest BCUT2D eigenvalue weighted by atomic mass is 10.1. The van der Waals surface area contributed by atoms with Crippen LogP contribution in [0.3, 0.4) is 0 Å². The lowest BCUT2D eigenvalue weighted by Crippen LogP contribution is -2.29. The van der Waals surface area contributed by atoms with Crippen LogP contribution >= 0.6 is 23.2 Å². The van der Waals surface area contributed by atoms with Gasteiger partial charge in [-0.05, 0) is 62.9 Å². The average Bonchev–Trinajstić information content (AvgIpc) is 3.15. The summed E-state index contributed by atoms with van der Waals surface area (Å²) in [7, 11) is 0. The standard InChI is InChI=1S/C16H22Cl2N2/c1-11(15-5-2-13(17)8-16(15)18)19-9-12-6-7-20(10-12)14-3-4-14/h2,5,8,11-12,14,19H,3-4,6-7,9-10H2,1H3. The lowest BCUT2D eigenvalue weighted by Gasteiger charge is -2.19. The van der Waals surface area contributed by atoms with Gasteiger partial charge in [-0.15, -0.1) is 0 Å². The van der Waals surface area contributed by atoms with Crippen LogP contribution < -0.4 is 5.32 Å². The summed E-state index contributed by atoms with van der Waals surface area (Å²) in [6.45, 7) is 5.79. The Morgan fingerprint density at radius 3 is 2.80 bits per heavy atom. The Bertz CT molecular complexity index is 474. The molecule has 2 aliphatic rings. The van der Waals surface area contributed by atoms with Gasteiger partial charge in [-0.1, -0.05) is 29.3 Å². The first-order valence-corrected chi connectivity index (χ1v) is 8.31. The molecule has 1 saturated heterocycles. The summed E-state index contributed by atoms with van der Waals surface area (Å²) in [5, 5.41) is 5.08. The van der Waals surface area contributed by atoms with Crippen molar-refractivity contribution in [1.29, 1.82) is 0 Å². The van der Waals surface area contributed by atoms with Gasteiger partial charge < -0.3 is 10.2 Å². The molecule has 4 heteroatoms. The molecule has 1 heterocycles. The van der Waals surface area contributed by atoms with E-state index in [9.17, 15) is 0 Å². The predicted octanol–water partition coefficient (Wildman–Crippen LogP) is 4.13. The fourth-order valence-electron chi connectivity index (χ4n) is 3.11. The molecule has 1 N–H and O–H groups in total. The first kappa shape index (κ1) is 14.6. The van der Waals surface area contributed by atoms with Crippen LogP contribution in [-0.2, 0) is 0 Å². The normalized spacial score (nSPS) is 25.1. The molecule has 1 aliphatic carbocycles. The molecule has 3 rings (SSSR count). The smallest absolute Gasteiger partial charge is 0.0468 e. The maximum atomic E-state index is 6.26. The van der Waals surface area contributed by atoms with Crippen LogP contribution in [0, 0.1) is 5.92 Å². The largest absolute Gasteiger partial charge is 0.310 e. The zero-order chi connectivity index (χ0) is 14.1. The van der Waals surface area contributed by atoms with Crippen molar-refractivity contribution in [2.75, 3.05) is 19.6 Å². The Kier molecular flexibility index (Phi) is 4.56. The van der Waals surface area contributed by atoms with E-state index in [4.69, 9.17) is 23.2 Å². The van der Waals surface area contributed by atoms with Gasteiger partial charge in [0.25, 0.3) is 0 Å². The van der Waals surface area contributed by atoms with Crippen LogP contribution in [0.25, 0.3) is 0 Å². The van der Waals surface area contributed by atoms with E-state index < -0.39 is 0 Å². The van der Waals surface area contributed by atoms with Crippen molar-refractivity contribution in [1.82, 2.24) is 10.2 Å². The number of hydrogen-bond donors (Lipinski definition) is 1. The molecule has 2 nitrogen and oxygen atoms in total. The molecule has 2 atom stereocenters. The predicted molar refractivity (Wildman–Crippen MR) is 85.6 cm³/mol. The number of nitrogens with zero attached hydrogens (tertiary/aromatic N) is 1. The summed E-state index contributed by atoms with van der Waals surface area (Å²) in [5.74, 6) is 0.782. The molecular formula is C16H22Cl2N2. The van der Waals surface area contributed by atoms with Crippen molar-refractivity contribution >= 4 is 23.2 Å². The molecule has 1 aromatic carbocycles. The summed E-state index contributed by atoms with van der Waals surface area (Å²) in [5.41, 5.74) is 1.13. The maximum absolute atomic E-state index is 6.26. The minimum atomic E-state index is 0.273. The summed E-state index contributed by atoms with van der Waals surface area (Å²) in [6, 6.07) is 6.93. The van der Waals surface area contributed by atoms with Crippen LogP contribution in [0.4, 0.5) is 0 Å². The minimum Gasteiger partial charge on any atom is -0.310 e. The number of likely N-dealkylation sites (tertiary alicyclic amines) is 1. The second-order valence-corrected chi connectivity index (χ2v) is 7.02. The Morgan fingerprint density at radius 2 is 2.10 bits per heavy atom. The fraction of sp³-hybridized carbons (Fsp3) is 0.625. The SMILES string of the molecule is CC(NCC1CCN(C2CC2)C1)c1ccc(Cl)cc1Cl. The van der Waals surface area contributed by atoms with Gasteiger partial charge in [0.1, 0.15) is 0 Å².